The van der Waals surface area contributed by atoms with Crippen LogP contribution in [0, 0.1) is 0 Å². The van der Waals surface area contributed by atoms with E-state index < -0.39 is 6.10 Å². The molecule has 2 aliphatic rings. The predicted octanol–water partition coefficient (Wildman–Crippen LogP) is 3.71. The zero-order valence-corrected chi connectivity index (χ0v) is 18.8. The van der Waals surface area contributed by atoms with Gasteiger partial charge in [0.15, 0.2) is 6.10 Å². The van der Waals surface area contributed by atoms with Crippen LogP contribution in [0.2, 0.25) is 0 Å². The average Bonchev–Trinajstić information content (AvgIpc) is 3.30. The van der Waals surface area contributed by atoms with Crippen molar-refractivity contribution in [3.63, 3.8) is 0 Å². The molecule has 34 heavy (non-hydrogen) atoms. The monoisotopic (exact) mass is 457 g/mol. The van der Waals surface area contributed by atoms with Gasteiger partial charge in [-0.1, -0.05) is 36.4 Å². The molecule has 0 bridgehead atoms. The Labute approximate surface area is 198 Å². The lowest BCUT2D eigenvalue weighted by atomic mass is 10.1. The van der Waals surface area contributed by atoms with Crippen LogP contribution in [0.3, 0.4) is 0 Å². The van der Waals surface area contributed by atoms with E-state index in [1.165, 1.54) is 0 Å². The van der Waals surface area contributed by atoms with Crippen molar-refractivity contribution in [2.75, 3.05) is 36.9 Å². The maximum absolute atomic E-state index is 12.9. The summed E-state index contributed by atoms with van der Waals surface area (Å²) >= 11 is 0. The van der Waals surface area contributed by atoms with Crippen LogP contribution < -0.4 is 15.4 Å². The maximum Gasteiger partial charge on any atom is 0.265 e. The Balaban J connectivity index is 1.20. The van der Waals surface area contributed by atoms with Gasteiger partial charge < -0.3 is 20.1 Å². The highest BCUT2D eigenvalue weighted by atomic mass is 16.5. The lowest BCUT2D eigenvalue weighted by Gasteiger charge is -2.26. The molecule has 1 fully saturated rings. The first-order chi connectivity index (χ1) is 16.6. The second kappa shape index (κ2) is 10.1. The van der Waals surface area contributed by atoms with Crippen molar-refractivity contribution in [3.8, 4) is 5.75 Å². The van der Waals surface area contributed by atoms with Crippen LogP contribution in [0.15, 0.2) is 72.8 Å². The minimum absolute atomic E-state index is 0.232. The van der Waals surface area contributed by atoms with E-state index in [0.717, 1.165) is 55.4 Å². The van der Waals surface area contributed by atoms with Gasteiger partial charge in [-0.2, -0.15) is 0 Å². The lowest BCUT2D eigenvalue weighted by Crippen LogP contribution is -2.35. The normalized spacial score (nSPS) is 17.5. The molecule has 0 spiro atoms. The zero-order valence-electron chi connectivity index (χ0n) is 18.8. The molecule has 1 saturated heterocycles. The van der Waals surface area contributed by atoms with Gasteiger partial charge in [-0.15, -0.1) is 0 Å². The summed E-state index contributed by atoms with van der Waals surface area (Å²) in [5.41, 5.74) is 3.91. The second-order valence-electron chi connectivity index (χ2n) is 8.53. The Morgan fingerprint density at radius 1 is 0.882 bits per heavy atom. The number of carbonyl (C=O) groups is 2. The largest absolute Gasteiger partial charge is 0.480 e. The molecular formula is C27H27N3O4. The van der Waals surface area contributed by atoms with Gasteiger partial charge in [-0.25, -0.2) is 0 Å². The van der Waals surface area contributed by atoms with Crippen molar-refractivity contribution < 1.29 is 19.1 Å². The van der Waals surface area contributed by atoms with E-state index in [4.69, 9.17) is 9.47 Å². The summed E-state index contributed by atoms with van der Waals surface area (Å²) in [7, 11) is 0. The first-order valence-electron chi connectivity index (χ1n) is 11.5. The fourth-order valence-electron chi connectivity index (χ4n) is 4.26. The van der Waals surface area contributed by atoms with Gasteiger partial charge in [0.05, 0.1) is 13.2 Å². The Hall–Kier alpha value is -3.68. The molecule has 1 unspecified atom stereocenters. The molecule has 2 amide bonds. The number of benzene rings is 3. The molecule has 3 aromatic rings. The van der Waals surface area contributed by atoms with Crippen molar-refractivity contribution in [1.29, 1.82) is 0 Å². The van der Waals surface area contributed by atoms with Crippen molar-refractivity contribution in [2.24, 2.45) is 0 Å². The van der Waals surface area contributed by atoms with Crippen molar-refractivity contribution in [3.05, 3.63) is 89.5 Å². The summed E-state index contributed by atoms with van der Waals surface area (Å²) in [5.74, 6) is 0.278. The highest BCUT2D eigenvalue weighted by Gasteiger charge is 2.28. The van der Waals surface area contributed by atoms with Crippen molar-refractivity contribution in [2.45, 2.75) is 19.1 Å². The Bertz CT molecular complexity index is 1160. The first-order valence-corrected chi connectivity index (χ1v) is 11.5. The summed E-state index contributed by atoms with van der Waals surface area (Å²) < 4.78 is 11.2. The average molecular weight is 458 g/mol. The smallest absolute Gasteiger partial charge is 0.265 e. The van der Waals surface area contributed by atoms with E-state index in [2.05, 4.69) is 21.6 Å². The fourth-order valence-corrected chi connectivity index (χ4v) is 4.26. The number of ether oxygens (including phenoxy) is 2. The molecule has 2 N–H and O–H groups in total. The Kier molecular flexibility index (Phi) is 6.56. The molecule has 174 valence electrons. The Morgan fingerprint density at radius 2 is 1.65 bits per heavy atom. The molecule has 7 heteroatoms. The number of morpholine rings is 1. The summed E-state index contributed by atoms with van der Waals surface area (Å²) in [6, 6.07) is 22.4. The quantitative estimate of drug-likeness (QED) is 0.590. The molecule has 7 nitrogen and oxygen atoms in total. The summed E-state index contributed by atoms with van der Waals surface area (Å²) in [4.78, 5) is 27.9. The highest BCUT2D eigenvalue weighted by Crippen LogP contribution is 2.28. The van der Waals surface area contributed by atoms with E-state index in [-0.39, 0.29) is 11.8 Å². The number of hydrogen-bond donors (Lipinski definition) is 2. The number of rotatable bonds is 6. The van der Waals surface area contributed by atoms with Crippen LogP contribution >= 0.6 is 0 Å². The minimum atomic E-state index is -0.580. The van der Waals surface area contributed by atoms with E-state index in [9.17, 15) is 9.59 Å². The number of carbonyl (C=O) groups excluding carboxylic acids is 2. The molecule has 2 aliphatic heterocycles. The van der Waals surface area contributed by atoms with E-state index >= 15 is 0 Å². The maximum atomic E-state index is 12.9. The molecule has 3 aromatic carbocycles. The summed E-state index contributed by atoms with van der Waals surface area (Å²) in [6.07, 6.45) is -0.0488. The van der Waals surface area contributed by atoms with Gasteiger partial charge in [-0.3, -0.25) is 14.5 Å². The number of anilines is 2. The topological polar surface area (TPSA) is 79.9 Å². The Morgan fingerprint density at radius 3 is 2.47 bits per heavy atom. The van der Waals surface area contributed by atoms with E-state index in [1.807, 2.05) is 42.5 Å². The van der Waals surface area contributed by atoms with Crippen LogP contribution in [0.1, 0.15) is 21.5 Å². The fraction of sp³-hybridized carbons (Fsp3) is 0.259. The standard InChI is InChI=1S/C27H27N3O4/c31-26(28-22-8-3-5-19(15-22)18-30-11-13-33-14-12-30)21-7-4-9-23(16-21)29-27(32)25-17-20-6-1-2-10-24(20)34-25/h1-10,15-16,25H,11-14,17-18H2,(H,28,31)(H,29,32). The van der Waals surface area contributed by atoms with Gasteiger partial charge in [0.2, 0.25) is 0 Å². The third-order valence-corrected chi connectivity index (χ3v) is 6.03. The van der Waals surface area contributed by atoms with Crippen LogP contribution in [0.5, 0.6) is 5.75 Å². The molecule has 0 saturated carbocycles. The third-order valence-electron chi connectivity index (χ3n) is 6.03. The van der Waals surface area contributed by atoms with Crippen molar-refractivity contribution in [1.82, 2.24) is 4.90 Å². The second-order valence-corrected chi connectivity index (χ2v) is 8.53. The number of amides is 2. The molecule has 0 aliphatic carbocycles. The van der Waals surface area contributed by atoms with Gasteiger partial charge in [0.25, 0.3) is 11.8 Å². The van der Waals surface area contributed by atoms with Crippen LogP contribution in [-0.2, 0) is 22.5 Å². The molecule has 0 aromatic heterocycles. The number of nitrogens with zero attached hydrogens (tertiary/aromatic N) is 1. The summed E-state index contributed by atoms with van der Waals surface area (Å²) in [5, 5.41) is 5.84. The van der Waals surface area contributed by atoms with Crippen LogP contribution in [0.25, 0.3) is 0 Å². The first kappa shape index (κ1) is 22.1. The lowest BCUT2D eigenvalue weighted by molar-refractivity contribution is -0.122. The van der Waals surface area contributed by atoms with E-state index in [1.54, 1.807) is 24.3 Å². The zero-order chi connectivity index (χ0) is 23.3. The van der Waals surface area contributed by atoms with Crippen LogP contribution in [-0.4, -0.2) is 49.1 Å². The predicted molar refractivity (Wildman–Crippen MR) is 130 cm³/mol. The van der Waals surface area contributed by atoms with Gasteiger partial charge in [-0.05, 0) is 47.5 Å². The van der Waals surface area contributed by atoms with Gasteiger partial charge in [0.1, 0.15) is 5.75 Å². The molecule has 2 heterocycles. The molecule has 5 rings (SSSR count). The number of nitrogens with one attached hydrogen (secondary N) is 2. The van der Waals surface area contributed by atoms with E-state index in [0.29, 0.717) is 17.7 Å². The number of hydrogen-bond acceptors (Lipinski definition) is 5. The third kappa shape index (κ3) is 5.27. The van der Waals surface area contributed by atoms with Crippen molar-refractivity contribution >= 4 is 23.2 Å². The number of para-hydroxylation sites is 1. The summed E-state index contributed by atoms with van der Waals surface area (Å²) in [6.45, 7) is 4.15. The minimum Gasteiger partial charge on any atom is -0.480 e. The molecule has 0 radical (unpaired) electrons. The SMILES string of the molecule is O=C(Nc1cccc(CN2CCOCC2)c1)c1cccc(NC(=O)C2Cc3ccccc3O2)c1. The molecular weight excluding hydrogens is 430 g/mol. The van der Waals surface area contributed by atoms with Gasteiger partial charge in [0, 0.05) is 43.0 Å². The number of fused-ring (bicyclic) bond motifs is 1. The van der Waals surface area contributed by atoms with Crippen LogP contribution in [0.4, 0.5) is 11.4 Å². The van der Waals surface area contributed by atoms with Gasteiger partial charge >= 0.3 is 0 Å². The molecule has 1 atom stereocenters. The highest BCUT2D eigenvalue weighted by molar-refractivity contribution is 6.05.